The summed E-state index contributed by atoms with van der Waals surface area (Å²) >= 11 is 3.22. The van der Waals surface area contributed by atoms with Gasteiger partial charge in [-0.05, 0) is 99.0 Å². The summed E-state index contributed by atoms with van der Waals surface area (Å²) < 4.78 is 110. The Bertz CT molecular complexity index is 3890. The zero-order valence-electron chi connectivity index (χ0n) is 39.8. The van der Waals surface area contributed by atoms with Crippen LogP contribution in [0.15, 0.2) is 207 Å². The van der Waals surface area contributed by atoms with Crippen LogP contribution in [-0.2, 0) is 49.9 Å². The van der Waals surface area contributed by atoms with Crippen molar-refractivity contribution in [1.29, 1.82) is 0 Å². The molecule has 0 saturated heterocycles. The van der Waals surface area contributed by atoms with Crippen molar-refractivity contribution in [2.75, 3.05) is 0 Å². The van der Waals surface area contributed by atoms with Crippen LogP contribution < -0.4 is 0 Å². The molecule has 0 amide bonds. The van der Waals surface area contributed by atoms with Crippen molar-refractivity contribution in [2.45, 2.75) is 12.4 Å². The van der Waals surface area contributed by atoms with Gasteiger partial charge in [-0.15, -0.1) is 58.3 Å². The van der Waals surface area contributed by atoms with Gasteiger partial charge in [0, 0.05) is 29.2 Å². The van der Waals surface area contributed by atoms with E-state index in [1.807, 2.05) is 140 Å². The van der Waals surface area contributed by atoms with Crippen LogP contribution >= 0.6 is 18.8 Å². The molecular formula is C62H34Cl2F8N4Pt2. The van der Waals surface area contributed by atoms with Gasteiger partial charge in [-0.1, -0.05) is 120 Å². The number of alkyl halides is 6. The Morgan fingerprint density at radius 3 is 1.04 bits per heavy atom. The van der Waals surface area contributed by atoms with E-state index in [4.69, 9.17) is 9.97 Å². The van der Waals surface area contributed by atoms with Crippen molar-refractivity contribution < 1.29 is 72.7 Å². The summed E-state index contributed by atoms with van der Waals surface area (Å²) in [6, 6.07) is 60.4. The van der Waals surface area contributed by atoms with Crippen LogP contribution in [0.25, 0.3) is 111 Å². The fraction of sp³-hybridized carbons (Fsp3) is 0.0323. The first-order chi connectivity index (χ1) is 37.7. The van der Waals surface area contributed by atoms with Crippen LogP contribution in [0, 0.1) is 23.8 Å². The Labute approximate surface area is 472 Å². The number of fused-ring (bicyclic) bond motifs is 4. The van der Waals surface area contributed by atoms with Crippen molar-refractivity contribution in [1.82, 2.24) is 19.9 Å². The molecule has 0 bridgehead atoms. The van der Waals surface area contributed by atoms with E-state index in [0.717, 1.165) is 66.9 Å². The number of benzene rings is 8. The first-order valence-electron chi connectivity index (χ1n) is 23.2. The van der Waals surface area contributed by atoms with E-state index < -0.39 is 35.1 Å². The van der Waals surface area contributed by atoms with Gasteiger partial charge in [-0.3, -0.25) is 19.9 Å². The molecule has 0 aliphatic rings. The van der Waals surface area contributed by atoms with E-state index in [9.17, 15) is 35.1 Å². The second kappa shape index (κ2) is 24.2. The Morgan fingerprint density at radius 1 is 0.333 bits per heavy atom. The van der Waals surface area contributed by atoms with Crippen molar-refractivity contribution in [2.24, 2.45) is 0 Å². The fourth-order valence-electron chi connectivity index (χ4n) is 8.77. The second-order valence-electron chi connectivity index (χ2n) is 17.5. The third-order valence-corrected chi connectivity index (χ3v) is 12.5. The molecule has 0 saturated carbocycles. The van der Waals surface area contributed by atoms with Gasteiger partial charge in [-0.2, -0.15) is 26.3 Å². The average Bonchev–Trinajstić information content (AvgIpc) is 3.60. The van der Waals surface area contributed by atoms with E-state index in [-0.39, 0.29) is 17.2 Å². The van der Waals surface area contributed by atoms with Crippen LogP contribution in [0.2, 0.25) is 0 Å². The molecule has 78 heavy (non-hydrogen) atoms. The van der Waals surface area contributed by atoms with Gasteiger partial charge in [0.05, 0.1) is 33.9 Å². The first-order valence-corrected chi connectivity index (χ1v) is 28.9. The Hall–Kier alpha value is -7.20. The first kappa shape index (κ1) is 55.5. The van der Waals surface area contributed by atoms with E-state index in [1.165, 1.54) is 24.3 Å². The SMILES string of the molecule is FC(F)(F)c1cc(-c2cc(-c3[c-]cc4ccccc4c3)nc(-c3cc4ccccc4cn3)c2)cc(C(F)(F)F)c1.Fc1cc(F)cc(-c2cc(-c3[c-]cc4ccccc4c3)nc(-c3cc4ccccc4cn3)c2)c1.[Cl][Pt+].[Cl][Pt+]. The van der Waals surface area contributed by atoms with E-state index >= 15 is 0 Å². The van der Waals surface area contributed by atoms with Gasteiger partial charge in [0.1, 0.15) is 11.6 Å². The molecule has 0 radical (unpaired) electrons. The van der Waals surface area contributed by atoms with Crippen LogP contribution in [0.5, 0.6) is 0 Å². The van der Waals surface area contributed by atoms with Gasteiger partial charge in [0.15, 0.2) is 0 Å². The molecule has 0 N–H and O–H groups in total. The molecule has 4 aromatic heterocycles. The quantitative estimate of drug-likeness (QED) is 0.123. The molecule has 0 fully saturated rings. The summed E-state index contributed by atoms with van der Waals surface area (Å²) in [6.07, 6.45) is -6.49. The van der Waals surface area contributed by atoms with Gasteiger partial charge in [0.2, 0.25) is 0 Å². The molecule has 0 atom stereocenters. The molecule has 0 spiro atoms. The summed E-state index contributed by atoms with van der Waals surface area (Å²) in [5, 5.41) is 7.73. The summed E-state index contributed by atoms with van der Waals surface area (Å²) in [7, 11) is 9.22. The molecule has 12 rings (SSSR count). The third-order valence-electron chi connectivity index (χ3n) is 12.5. The molecule has 0 aliphatic heterocycles. The summed E-state index contributed by atoms with van der Waals surface area (Å²) in [5.41, 5.74) is 2.51. The zero-order chi connectivity index (χ0) is 55.1. The second-order valence-corrected chi connectivity index (χ2v) is 17.5. The Morgan fingerprint density at radius 2 is 0.654 bits per heavy atom. The number of nitrogens with zero attached hydrogens (tertiary/aromatic N) is 4. The normalized spacial score (nSPS) is 11.4. The molecule has 392 valence electrons. The number of aromatic nitrogens is 4. The predicted octanol–water partition coefficient (Wildman–Crippen LogP) is 18.9. The molecule has 0 unspecified atom stereocenters. The van der Waals surface area contributed by atoms with Crippen molar-refractivity contribution in [3.8, 4) is 67.5 Å². The standard InChI is InChI=1S/C32H17F6N2.C30H17F2N2.2ClH.2Pt/c33-31(34,35)26-12-24(13-27(17-26)32(36,37)38)25-15-28(22-10-9-19-5-1-2-6-20(19)11-22)40-30(16-25)29-14-21-7-3-4-8-23(21)18-39-29;31-26-12-24(13-27(32)17-26)25-15-28(22-10-9-19-5-1-2-6-20(19)11-22)34-30(16-25)29-14-21-7-3-4-8-23(21)18-33-29;;;;/h1-9,11-18H;1-9,11-18H;2*1H;;/q2*-1;;;2*+2/p-2. The maximum atomic E-state index is 14.0. The van der Waals surface area contributed by atoms with Crippen LogP contribution in [0.3, 0.4) is 0 Å². The minimum atomic E-state index is -4.97. The van der Waals surface area contributed by atoms with Crippen molar-refractivity contribution in [3.63, 3.8) is 0 Å². The van der Waals surface area contributed by atoms with Crippen LogP contribution in [0.1, 0.15) is 11.1 Å². The number of rotatable bonds is 6. The molecule has 8 aromatic carbocycles. The molecule has 12 aromatic rings. The van der Waals surface area contributed by atoms with Crippen LogP contribution in [0.4, 0.5) is 35.1 Å². The van der Waals surface area contributed by atoms with Gasteiger partial charge >= 0.3 is 68.7 Å². The van der Waals surface area contributed by atoms with E-state index in [2.05, 4.69) is 40.9 Å². The zero-order valence-corrected chi connectivity index (χ0v) is 45.9. The third kappa shape index (κ3) is 12.9. The van der Waals surface area contributed by atoms with E-state index in [0.29, 0.717) is 50.9 Å². The molecule has 0 aliphatic carbocycles. The number of hydrogen-bond donors (Lipinski definition) is 0. The number of hydrogen-bond acceptors (Lipinski definition) is 4. The molecule has 4 heterocycles. The number of pyridine rings is 4. The maximum absolute atomic E-state index is 14.0. The summed E-state index contributed by atoms with van der Waals surface area (Å²) in [6.45, 7) is 0. The molecule has 4 nitrogen and oxygen atoms in total. The average molecular weight is 1450 g/mol. The van der Waals surface area contributed by atoms with Gasteiger partial charge < -0.3 is 0 Å². The van der Waals surface area contributed by atoms with Crippen molar-refractivity contribution >= 4 is 61.9 Å². The van der Waals surface area contributed by atoms with Crippen molar-refractivity contribution in [3.05, 3.63) is 241 Å². The van der Waals surface area contributed by atoms with Gasteiger partial charge in [-0.25, -0.2) is 8.78 Å². The monoisotopic (exact) mass is 1450 g/mol. The predicted molar refractivity (Wildman–Crippen MR) is 286 cm³/mol. The minimum absolute atomic E-state index is 0.120. The fourth-order valence-corrected chi connectivity index (χ4v) is 8.77. The van der Waals surface area contributed by atoms with Crippen LogP contribution in [-0.4, -0.2) is 19.9 Å². The topological polar surface area (TPSA) is 51.6 Å². The Balaban J connectivity index is 0.000000180. The molecule has 16 heteroatoms. The Kier molecular flexibility index (Phi) is 17.2. The number of halogens is 10. The van der Waals surface area contributed by atoms with Gasteiger partial charge in [0.25, 0.3) is 0 Å². The molecular weight excluding hydrogens is 1410 g/mol. The van der Waals surface area contributed by atoms with E-state index in [1.54, 1.807) is 55.9 Å². The summed E-state index contributed by atoms with van der Waals surface area (Å²) in [5.74, 6) is -1.26. The summed E-state index contributed by atoms with van der Waals surface area (Å²) in [4.78, 5) is 18.7.